The van der Waals surface area contributed by atoms with Crippen molar-refractivity contribution in [3.05, 3.63) is 28.3 Å². The molecule has 148 valence electrons. The number of carbonyl (C=O) groups is 1. The number of alkyl halides is 6. The third-order valence-corrected chi connectivity index (χ3v) is 4.72. The van der Waals surface area contributed by atoms with E-state index in [2.05, 4.69) is 5.32 Å². The molecule has 1 unspecified atom stereocenters. The Balaban J connectivity index is 2.29. The van der Waals surface area contributed by atoms with Gasteiger partial charge >= 0.3 is 12.4 Å². The normalized spacial score (nSPS) is 19.2. The summed E-state index contributed by atoms with van der Waals surface area (Å²) in [4.78, 5) is 12.9. The first-order valence-corrected chi connectivity index (χ1v) is 8.19. The van der Waals surface area contributed by atoms with E-state index in [4.69, 9.17) is 0 Å². The van der Waals surface area contributed by atoms with E-state index in [1.165, 1.54) is 24.0 Å². The number of nitrogens with one attached hydrogen (secondary N) is 1. The van der Waals surface area contributed by atoms with Gasteiger partial charge in [-0.05, 0) is 12.5 Å². The molecular weight excluding hydrogens is 378 g/mol. The Morgan fingerprint density at radius 3 is 2.44 bits per heavy atom. The summed E-state index contributed by atoms with van der Waals surface area (Å²) in [6, 6.07) is -1.20. The average molecular weight is 394 g/mol. The van der Waals surface area contributed by atoms with Gasteiger partial charge in [-0.15, -0.1) is 0 Å². The quantitative estimate of drug-likeness (QED) is 0.766. The summed E-state index contributed by atoms with van der Waals surface area (Å²) in [6.07, 6.45) is -8.36. The van der Waals surface area contributed by atoms with E-state index in [9.17, 15) is 36.2 Å². The second-order valence-corrected chi connectivity index (χ2v) is 6.38. The predicted octanol–water partition coefficient (Wildman–Crippen LogP) is 3.87. The molecule has 0 fully saturated rings. The van der Waals surface area contributed by atoms with Crippen molar-refractivity contribution >= 4 is 23.4 Å². The van der Waals surface area contributed by atoms with Crippen LogP contribution in [0.1, 0.15) is 35.6 Å². The highest BCUT2D eigenvalue weighted by atomic mass is 19.4. The fourth-order valence-electron chi connectivity index (χ4n) is 3.79. The Bertz CT molecular complexity index is 813. The van der Waals surface area contributed by atoms with Gasteiger partial charge in [0.15, 0.2) is 0 Å². The lowest BCUT2D eigenvalue weighted by molar-refractivity contribution is -0.138. The van der Waals surface area contributed by atoms with Crippen LogP contribution in [0.4, 0.5) is 37.7 Å². The molecule has 3 rings (SSSR count). The number of hydrogen-bond donors (Lipinski definition) is 2. The van der Waals surface area contributed by atoms with E-state index in [0.29, 0.717) is 0 Å². The second-order valence-electron chi connectivity index (χ2n) is 6.38. The van der Waals surface area contributed by atoms with Crippen LogP contribution in [0.25, 0.3) is 6.08 Å². The van der Waals surface area contributed by atoms with Crippen molar-refractivity contribution in [2.45, 2.75) is 44.8 Å². The zero-order chi connectivity index (χ0) is 20.1. The number of aliphatic hydroxyl groups is 1. The molecule has 0 saturated heterocycles. The molecule has 0 aliphatic carbocycles. The molecule has 0 aromatic heterocycles. The number of benzene rings is 1. The summed E-state index contributed by atoms with van der Waals surface area (Å²) in [7, 11) is 0. The Morgan fingerprint density at radius 2 is 1.93 bits per heavy atom. The summed E-state index contributed by atoms with van der Waals surface area (Å²) in [5, 5.41) is 11.9. The maximum Gasteiger partial charge on any atom is 0.418 e. The number of fused-ring (bicyclic) bond motifs is 3. The molecule has 4 nitrogen and oxygen atoms in total. The Kier molecular flexibility index (Phi) is 4.65. The number of anilines is 2. The van der Waals surface area contributed by atoms with Gasteiger partial charge in [0.2, 0.25) is 5.91 Å². The highest BCUT2D eigenvalue weighted by Gasteiger charge is 2.44. The van der Waals surface area contributed by atoms with Crippen LogP contribution in [-0.4, -0.2) is 29.8 Å². The summed E-state index contributed by atoms with van der Waals surface area (Å²) in [6.45, 7) is 0.503. The monoisotopic (exact) mass is 394 g/mol. The van der Waals surface area contributed by atoms with E-state index in [1.54, 1.807) is 0 Å². The number of nitrogens with zero attached hydrogens (tertiary/aromatic N) is 1. The van der Waals surface area contributed by atoms with Crippen molar-refractivity contribution in [1.29, 1.82) is 0 Å². The fraction of sp³-hybridized carbons (Fsp3) is 0.471. The van der Waals surface area contributed by atoms with E-state index in [-0.39, 0.29) is 29.8 Å². The van der Waals surface area contributed by atoms with Crippen LogP contribution in [0, 0.1) is 0 Å². The first kappa shape index (κ1) is 19.5. The van der Waals surface area contributed by atoms with Gasteiger partial charge in [0.25, 0.3) is 0 Å². The molecule has 10 heteroatoms. The van der Waals surface area contributed by atoms with Crippen molar-refractivity contribution < 1.29 is 36.2 Å². The molecule has 0 radical (unpaired) electrons. The van der Waals surface area contributed by atoms with Crippen LogP contribution >= 0.6 is 0 Å². The van der Waals surface area contributed by atoms with E-state index in [1.807, 2.05) is 0 Å². The average Bonchev–Trinajstić information content (AvgIpc) is 2.91. The van der Waals surface area contributed by atoms with Crippen molar-refractivity contribution in [2.75, 3.05) is 16.8 Å². The van der Waals surface area contributed by atoms with Gasteiger partial charge in [0, 0.05) is 17.7 Å². The predicted molar refractivity (Wildman–Crippen MR) is 86.2 cm³/mol. The third kappa shape index (κ3) is 3.38. The summed E-state index contributed by atoms with van der Waals surface area (Å²) < 4.78 is 79.8. The van der Waals surface area contributed by atoms with Crippen molar-refractivity contribution in [3.63, 3.8) is 0 Å². The highest BCUT2D eigenvalue weighted by Crippen LogP contribution is 2.50. The molecule has 0 spiro atoms. The first-order chi connectivity index (χ1) is 12.5. The molecule has 0 saturated carbocycles. The van der Waals surface area contributed by atoms with Crippen LogP contribution < -0.4 is 10.2 Å². The first-order valence-electron chi connectivity index (χ1n) is 8.19. The molecular formula is C17H16F6N2O2. The number of amides is 1. The smallest absolute Gasteiger partial charge is 0.392 e. The summed E-state index contributed by atoms with van der Waals surface area (Å²) in [5.74, 6) is -0.637. The lowest BCUT2D eigenvalue weighted by Crippen LogP contribution is -2.40. The van der Waals surface area contributed by atoms with Crippen molar-refractivity contribution in [3.8, 4) is 0 Å². The maximum absolute atomic E-state index is 13.7. The van der Waals surface area contributed by atoms with Crippen LogP contribution in [0.3, 0.4) is 0 Å². The van der Waals surface area contributed by atoms with E-state index in [0.717, 1.165) is 0 Å². The Labute approximate surface area is 150 Å². The van der Waals surface area contributed by atoms with Gasteiger partial charge in [-0.2, -0.15) is 26.3 Å². The van der Waals surface area contributed by atoms with Gasteiger partial charge in [0.1, 0.15) is 0 Å². The summed E-state index contributed by atoms with van der Waals surface area (Å²) >= 11 is 0. The van der Waals surface area contributed by atoms with Crippen LogP contribution in [0.2, 0.25) is 0 Å². The number of rotatable bonds is 3. The highest BCUT2D eigenvalue weighted by molar-refractivity contribution is 6.04. The van der Waals surface area contributed by atoms with Gasteiger partial charge in [-0.25, -0.2) is 0 Å². The lowest BCUT2D eigenvalue weighted by atomic mass is 9.88. The molecule has 2 aliphatic rings. The molecule has 2 heterocycles. The van der Waals surface area contributed by atoms with Crippen LogP contribution in [0.15, 0.2) is 6.08 Å². The minimum Gasteiger partial charge on any atom is -0.392 e. The maximum atomic E-state index is 13.7. The minimum absolute atomic E-state index is 0.00253. The number of likely N-dealkylation sites (N-methyl/N-ethyl adjacent to an activating group) is 1. The SMILES string of the molecule is CCN1c2c(c3c(c(C(F)(F)F)c2CO)NC(=O)C3)C=CC1CC(F)(F)F. The molecule has 2 N–H and O–H groups in total. The van der Waals surface area contributed by atoms with Crippen LogP contribution in [-0.2, 0) is 24.0 Å². The lowest BCUT2D eigenvalue weighted by Gasteiger charge is -2.38. The zero-order valence-corrected chi connectivity index (χ0v) is 14.1. The standard InChI is InChI=1S/C17H16F6N2O2/c1-2-25-8(6-16(18,19)20)3-4-9-10-5-12(27)24-14(10)13(17(21,22)23)11(7-26)15(9)25/h3-4,8,26H,2,5-7H2,1H3,(H,24,27). The van der Waals surface area contributed by atoms with Gasteiger partial charge < -0.3 is 15.3 Å². The molecule has 2 aliphatic heterocycles. The zero-order valence-electron chi connectivity index (χ0n) is 14.1. The van der Waals surface area contributed by atoms with Crippen molar-refractivity contribution in [2.24, 2.45) is 0 Å². The van der Waals surface area contributed by atoms with Gasteiger partial charge in [-0.3, -0.25) is 4.79 Å². The van der Waals surface area contributed by atoms with Gasteiger partial charge in [0.05, 0.1) is 42.4 Å². The fourth-order valence-corrected chi connectivity index (χ4v) is 3.79. The minimum atomic E-state index is -4.89. The number of aliphatic hydroxyl groups excluding tert-OH is 1. The van der Waals surface area contributed by atoms with Crippen LogP contribution in [0.5, 0.6) is 0 Å². The van der Waals surface area contributed by atoms with E-state index >= 15 is 0 Å². The second kappa shape index (κ2) is 6.43. The Hall–Kier alpha value is -2.23. The van der Waals surface area contributed by atoms with E-state index < -0.39 is 54.1 Å². The molecule has 1 atom stereocenters. The molecule has 1 aromatic carbocycles. The van der Waals surface area contributed by atoms with Crippen molar-refractivity contribution in [1.82, 2.24) is 0 Å². The number of carbonyl (C=O) groups excluding carboxylic acids is 1. The summed E-state index contributed by atoms with van der Waals surface area (Å²) in [5.41, 5.74) is -1.94. The largest absolute Gasteiger partial charge is 0.418 e. The molecule has 0 bridgehead atoms. The Morgan fingerprint density at radius 1 is 1.26 bits per heavy atom. The number of hydrogen-bond acceptors (Lipinski definition) is 3. The number of halogens is 6. The molecule has 27 heavy (non-hydrogen) atoms. The topological polar surface area (TPSA) is 52.6 Å². The molecule has 1 aromatic rings. The third-order valence-electron chi connectivity index (χ3n) is 4.72. The molecule has 1 amide bonds. The van der Waals surface area contributed by atoms with Gasteiger partial charge in [-0.1, -0.05) is 12.2 Å².